The van der Waals surface area contributed by atoms with Gasteiger partial charge in [0.2, 0.25) is 0 Å². The first-order valence-corrected chi connectivity index (χ1v) is 6.64. The number of aromatic nitrogens is 2. The molecule has 1 aliphatic rings. The van der Waals surface area contributed by atoms with Crippen molar-refractivity contribution in [2.75, 3.05) is 0 Å². The molecule has 1 aromatic heterocycles. The number of rotatable bonds is 2. The van der Waals surface area contributed by atoms with E-state index in [-0.39, 0.29) is 17.6 Å². The average Bonchev–Trinajstić information content (AvgIpc) is 2.70. The first-order valence-electron chi connectivity index (χ1n) is 6.64. The van der Waals surface area contributed by atoms with E-state index in [9.17, 15) is 5.11 Å². The van der Waals surface area contributed by atoms with Crippen LogP contribution in [0.25, 0.3) is 0 Å². The molecule has 2 rings (SSSR count). The third-order valence-corrected chi connectivity index (χ3v) is 4.06. The number of nitrogens with zero attached hydrogens (tertiary/aromatic N) is 2. The molecule has 0 saturated heterocycles. The van der Waals surface area contributed by atoms with E-state index >= 15 is 0 Å². The van der Waals surface area contributed by atoms with Crippen molar-refractivity contribution in [1.82, 2.24) is 9.55 Å². The van der Waals surface area contributed by atoms with Crippen LogP contribution in [0.5, 0.6) is 0 Å². The van der Waals surface area contributed by atoms with E-state index in [1.807, 2.05) is 12.4 Å². The predicted molar refractivity (Wildman–Crippen MR) is 69.0 cm³/mol. The Morgan fingerprint density at radius 3 is 2.82 bits per heavy atom. The van der Waals surface area contributed by atoms with E-state index in [2.05, 4.69) is 37.2 Å². The quantitative estimate of drug-likeness (QED) is 0.856. The van der Waals surface area contributed by atoms with Crippen LogP contribution in [0.3, 0.4) is 0 Å². The van der Waals surface area contributed by atoms with Gasteiger partial charge in [-0.05, 0) is 18.3 Å². The van der Waals surface area contributed by atoms with Crippen molar-refractivity contribution in [1.29, 1.82) is 0 Å². The Balaban J connectivity index is 2.30. The number of hydrogen-bond donors (Lipinski definition) is 1. The molecule has 0 amide bonds. The van der Waals surface area contributed by atoms with Gasteiger partial charge in [-0.1, -0.05) is 34.1 Å². The number of imidazole rings is 1. The van der Waals surface area contributed by atoms with Crippen molar-refractivity contribution in [3.8, 4) is 0 Å². The highest BCUT2D eigenvalue weighted by Crippen LogP contribution is 2.42. The summed E-state index contributed by atoms with van der Waals surface area (Å²) in [6.07, 6.45) is 6.94. The van der Waals surface area contributed by atoms with E-state index in [4.69, 9.17) is 0 Å². The third-order valence-electron chi connectivity index (χ3n) is 4.06. The van der Waals surface area contributed by atoms with Crippen LogP contribution in [-0.4, -0.2) is 20.8 Å². The van der Waals surface area contributed by atoms with Crippen molar-refractivity contribution >= 4 is 0 Å². The Morgan fingerprint density at radius 2 is 2.18 bits per heavy atom. The van der Waals surface area contributed by atoms with Crippen molar-refractivity contribution in [2.45, 2.75) is 65.0 Å². The summed E-state index contributed by atoms with van der Waals surface area (Å²) in [6, 6.07) is 0.193. The molecule has 1 heterocycles. The Morgan fingerprint density at radius 1 is 1.47 bits per heavy atom. The summed E-state index contributed by atoms with van der Waals surface area (Å²) in [4.78, 5) is 4.42. The minimum atomic E-state index is -0.275. The Bertz CT molecular complexity index is 381. The van der Waals surface area contributed by atoms with Gasteiger partial charge >= 0.3 is 0 Å². The third kappa shape index (κ3) is 2.25. The van der Waals surface area contributed by atoms with E-state index in [1.54, 1.807) is 0 Å². The summed E-state index contributed by atoms with van der Waals surface area (Å²) in [6.45, 7) is 8.63. The number of hydrogen-bond acceptors (Lipinski definition) is 2. The molecule has 96 valence electrons. The summed E-state index contributed by atoms with van der Waals surface area (Å²) in [5, 5.41) is 10.5. The Kier molecular flexibility index (Phi) is 3.30. The van der Waals surface area contributed by atoms with Crippen LogP contribution >= 0.6 is 0 Å². The molecule has 1 aromatic rings. The lowest BCUT2D eigenvalue weighted by Crippen LogP contribution is -2.41. The fourth-order valence-corrected chi connectivity index (χ4v) is 2.94. The van der Waals surface area contributed by atoms with Gasteiger partial charge in [-0.15, -0.1) is 0 Å². The fraction of sp³-hybridized carbons (Fsp3) is 0.786. The lowest BCUT2D eigenvalue weighted by molar-refractivity contribution is -0.0272. The second-order valence-electron chi connectivity index (χ2n) is 6.24. The second kappa shape index (κ2) is 4.45. The highest BCUT2D eigenvalue weighted by atomic mass is 16.3. The van der Waals surface area contributed by atoms with Crippen LogP contribution in [-0.2, 0) is 0 Å². The van der Waals surface area contributed by atoms with Gasteiger partial charge in [0, 0.05) is 18.3 Å². The SMILES string of the molecule is CC(C)c1nccn1C1CCCC(C)(C)C1O. The number of aliphatic hydroxyl groups excluding tert-OH is 1. The molecular weight excluding hydrogens is 212 g/mol. The molecule has 0 aliphatic heterocycles. The molecule has 1 N–H and O–H groups in total. The summed E-state index contributed by atoms with van der Waals surface area (Å²) >= 11 is 0. The average molecular weight is 236 g/mol. The van der Waals surface area contributed by atoms with Gasteiger partial charge in [-0.25, -0.2) is 4.98 Å². The lowest BCUT2D eigenvalue weighted by atomic mass is 9.72. The van der Waals surface area contributed by atoms with Gasteiger partial charge in [-0.2, -0.15) is 0 Å². The molecule has 1 saturated carbocycles. The predicted octanol–water partition coefficient (Wildman–Crippen LogP) is 3.12. The summed E-state index contributed by atoms with van der Waals surface area (Å²) in [7, 11) is 0. The van der Waals surface area contributed by atoms with Crippen LogP contribution in [0, 0.1) is 5.41 Å². The minimum absolute atomic E-state index is 0.0153. The molecule has 0 aromatic carbocycles. The molecular formula is C14H24N2O. The monoisotopic (exact) mass is 236 g/mol. The molecule has 0 bridgehead atoms. The standard InChI is InChI=1S/C14H24N2O/c1-10(2)13-15-8-9-16(13)11-6-5-7-14(3,4)12(11)17/h8-12,17H,5-7H2,1-4H3. The highest BCUT2D eigenvalue weighted by Gasteiger charge is 2.39. The van der Waals surface area contributed by atoms with Crippen molar-refractivity contribution in [2.24, 2.45) is 5.41 Å². The molecule has 0 radical (unpaired) electrons. The van der Waals surface area contributed by atoms with E-state index in [1.165, 1.54) is 6.42 Å². The molecule has 3 heteroatoms. The van der Waals surface area contributed by atoms with E-state index < -0.39 is 0 Å². The van der Waals surface area contributed by atoms with Crippen LogP contribution in [0.1, 0.15) is 64.7 Å². The fourth-order valence-electron chi connectivity index (χ4n) is 2.94. The van der Waals surface area contributed by atoms with Gasteiger partial charge in [0.25, 0.3) is 0 Å². The van der Waals surface area contributed by atoms with E-state index in [0.29, 0.717) is 5.92 Å². The maximum Gasteiger partial charge on any atom is 0.111 e. The normalized spacial score (nSPS) is 28.6. The number of aliphatic hydroxyl groups is 1. The first-order chi connectivity index (χ1) is 7.93. The smallest absolute Gasteiger partial charge is 0.111 e. The minimum Gasteiger partial charge on any atom is -0.390 e. The maximum atomic E-state index is 10.5. The molecule has 3 nitrogen and oxygen atoms in total. The topological polar surface area (TPSA) is 38.0 Å². The van der Waals surface area contributed by atoms with Crippen LogP contribution in [0.4, 0.5) is 0 Å². The van der Waals surface area contributed by atoms with Crippen LogP contribution in [0.2, 0.25) is 0 Å². The van der Waals surface area contributed by atoms with Crippen molar-refractivity contribution < 1.29 is 5.11 Å². The van der Waals surface area contributed by atoms with Crippen LogP contribution < -0.4 is 0 Å². The highest BCUT2D eigenvalue weighted by molar-refractivity contribution is 5.03. The summed E-state index contributed by atoms with van der Waals surface area (Å²) in [5.41, 5.74) is 0.0153. The zero-order chi connectivity index (χ0) is 12.6. The molecule has 17 heavy (non-hydrogen) atoms. The first kappa shape index (κ1) is 12.6. The van der Waals surface area contributed by atoms with Gasteiger partial charge in [0.15, 0.2) is 0 Å². The molecule has 1 fully saturated rings. The molecule has 2 unspecified atom stereocenters. The second-order valence-corrected chi connectivity index (χ2v) is 6.24. The largest absolute Gasteiger partial charge is 0.390 e. The van der Waals surface area contributed by atoms with Gasteiger partial charge in [0.05, 0.1) is 12.1 Å². The van der Waals surface area contributed by atoms with Crippen molar-refractivity contribution in [3.05, 3.63) is 18.2 Å². The Hall–Kier alpha value is -0.830. The Labute approximate surface area is 104 Å². The molecule has 0 spiro atoms. The zero-order valence-electron chi connectivity index (χ0n) is 11.3. The van der Waals surface area contributed by atoms with Crippen molar-refractivity contribution in [3.63, 3.8) is 0 Å². The molecule has 1 aliphatic carbocycles. The van der Waals surface area contributed by atoms with Gasteiger partial charge in [0.1, 0.15) is 5.82 Å². The lowest BCUT2D eigenvalue weighted by Gasteiger charge is -2.41. The summed E-state index contributed by atoms with van der Waals surface area (Å²) in [5.74, 6) is 1.49. The van der Waals surface area contributed by atoms with Gasteiger partial charge < -0.3 is 9.67 Å². The zero-order valence-corrected chi connectivity index (χ0v) is 11.3. The van der Waals surface area contributed by atoms with Gasteiger partial charge in [-0.3, -0.25) is 0 Å². The summed E-state index contributed by atoms with van der Waals surface area (Å²) < 4.78 is 2.19. The van der Waals surface area contributed by atoms with E-state index in [0.717, 1.165) is 18.7 Å². The molecule has 2 atom stereocenters. The maximum absolute atomic E-state index is 10.5. The van der Waals surface area contributed by atoms with Crippen LogP contribution in [0.15, 0.2) is 12.4 Å².